The van der Waals surface area contributed by atoms with E-state index in [0.29, 0.717) is 57.8 Å². The largest absolute Gasteiger partial charge is 0.488 e. The fourth-order valence-corrected chi connectivity index (χ4v) is 15.1. The second kappa shape index (κ2) is 58.6. The van der Waals surface area contributed by atoms with Gasteiger partial charge in [-0.25, -0.2) is 16.8 Å². The number of aromatic nitrogens is 8. The molecule has 0 fully saturated rings. The molecule has 28 heteroatoms. The van der Waals surface area contributed by atoms with Crippen LogP contribution >= 0.6 is 91.3 Å². The standard InChI is InChI=1S/C23H28N2O2S.3C16H21BrN2.C12H13BrO2.C8H7BrO.C7H9BO4S.C5H13N.C4H7ClO/c1-16(2)15-25-23(14-22(24-25)17(3)4)19-11-9-18(10-12-19)20-7-6-8-21(13-20)28(5,26)27;1-11(2)10-19-16(12(3)4)9-15(18-19)13-5-7-14(17)8-6-13;2*1-11(2)10-19-16(9-15(18-19)12(3)4)13-5-7-14(17)8-6-13;1-8(2)11(14)7-12(15)9-3-5-10(13)6-4-9;1-6(10)7-2-4-8(9)5-3-7;1-13(11,12)7-4-2-3-6(5-7)8(9)10;1-5(2)3-4-6;1-3(2)4(5)6/h6-14,16-17H,15H2,1-5H3;3*5-9,11-12H,10H2,1-4H3;3-6,8H,7H2,1-2H3;2-5H,1H3;2-5,9-10H,1H3;5H,3-4,6H2,1-2H3;3H,1-2H3. The van der Waals surface area contributed by atoms with Crippen LogP contribution in [-0.4, -0.2) is 115 Å². The Morgan fingerprint density at radius 2 is 0.696 bits per heavy atom. The predicted molar refractivity (Wildman–Crippen MR) is 579 cm³/mol. The van der Waals surface area contributed by atoms with Crippen LogP contribution in [0.15, 0.2) is 251 Å². The van der Waals surface area contributed by atoms with Gasteiger partial charge >= 0.3 is 7.12 Å². The molecule has 19 nitrogen and oxygen atoms in total. The molecule has 0 aliphatic carbocycles. The Balaban J connectivity index is 0.000000328. The van der Waals surface area contributed by atoms with E-state index in [0.717, 1.165) is 113 Å². The van der Waals surface area contributed by atoms with E-state index >= 15 is 0 Å². The maximum Gasteiger partial charge on any atom is 0.488 e. The van der Waals surface area contributed by atoms with Crippen LogP contribution < -0.4 is 11.2 Å². The average Bonchev–Trinajstić information content (AvgIpc) is 1.68. The van der Waals surface area contributed by atoms with Gasteiger partial charge in [-0.3, -0.25) is 37.9 Å². The zero-order chi connectivity index (χ0) is 102. The van der Waals surface area contributed by atoms with E-state index in [9.17, 15) is 36.0 Å². The van der Waals surface area contributed by atoms with Gasteiger partial charge < -0.3 is 15.8 Å². The number of ketones is 3. The van der Waals surface area contributed by atoms with Crippen LogP contribution in [0.25, 0.3) is 56.2 Å². The molecular formula is C107H140BBr5ClN9O10S2. The minimum Gasteiger partial charge on any atom is -0.423 e. The molecule has 730 valence electrons. The van der Waals surface area contributed by atoms with Gasteiger partial charge in [-0.2, -0.15) is 20.4 Å². The Morgan fingerprint density at radius 3 is 0.993 bits per heavy atom. The van der Waals surface area contributed by atoms with Gasteiger partial charge in [0.15, 0.2) is 31.2 Å². The van der Waals surface area contributed by atoms with Gasteiger partial charge in [-0.15, -0.1) is 0 Å². The van der Waals surface area contributed by atoms with E-state index in [1.54, 1.807) is 89.2 Å². The minimum atomic E-state index is -3.28. The van der Waals surface area contributed by atoms with Gasteiger partial charge in [0.25, 0.3) is 0 Å². The molecule has 0 aliphatic heterocycles. The number of carbonyl (C=O) groups excluding carboxylic acids is 4. The summed E-state index contributed by atoms with van der Waals surface area (Å²) in [5.74, 6) is 4.75. The number of carbonyl (C=O) groups is 4. The van der Waals surface area contributed by atoms with Crippen LogP contribution in [0.3, 0.4) is 0 Å². The molecule has 135 heavy (non-hydrogen) atoms. The summed E-state index contributed by atoms with van der Waals surface area (Å²) < 4.78 is 59.5. The smallest absolute Gasteiger partial charge is 0.423 e. The quantitative estimate of drug-likeness (QED) is 0.0178. The van der Waals surface area contributed by atoms with Crippen molar-refractivity contribution in [3.63, 3.8) is 0 Å². The highest BCUT2D eigenvalue weighted by molar-refractivity contribution is 9.11. The summed E-state index contributed by atoms with van der Waals surface area (Å²) in [6.45, 7) is 52.9. The molecule has 0 saturated heterocycles. The highest BCUT2D eigenvalue weighted by Gasteiger charge is 2.21. The van der Waals surface area contributed by atoms with Crippen LogP contribution in [-0.2, 0) is 55.4 Å². The van der Waals surface area contributed by atoms with Gasteiger partial charge in [-0.1, -0.05) is 341 Å². The number of benzene rings is 8. The monoisotopic (exact) mass is 2220 g/mol. The fourth-order valence-electron chi connectivity index (χ4n) is 12.5. The number of Topliss-reactive ketones (excluding diaryl/α,β-unsaturated/α-hetero) is 3. The first-order valence-electron chi connectivity index (χ1n) is 45.7. The van der Waals surface area contributed by atoms with Crippen molar-refractivity contribution < 1.29 is 46.1 Å². The number of nitrogens with two attached hydrogens (primary N) is 1. The van der Waals surface area contributed by atoms with Gasteiger partial charge in [0, 0.05) is 95.3 Å². The SMILES string of the molecule is CC(=O)c1ccc(Br)cc1.CC(C)C(=O)CC(=O)c1ccc(Br)cc1.CC(C)C(=O)Cl.CC(C)CCN.CC(C)Cn1nc(-c2ccc(Br)cc2)cc1C(C)C.CC(C)Cn1nc(C(C)C)cc1-c1ccc(-c2cccc(S(C)(=O)=O)c2)cc1.CC(C)Cn1nc(C(C)C)cc1-c1ccc(Br)cc1.CC(C)Cn1nc(C(C)C)cc1-c1ccc(Br)cc1.CS(=O)(=O)c1cccc(B(O)O)c1. The van der Waals surface area contributed by atoms with E-state index in [1.807, 2.05) is 30.3 Å². The second-order valence-corrected chi connectivity index (χ2v) is 46.1. The number of halogens is 6. The second-order valence-electron chi connectivity index (χ2n) is 37.1. The van der Waals surface area contributed by atoms with Crippen molar-refractivity contribution in [3.05, 3.63) is 275 Å². The lowest BCUT2D eigenvalue weighted by Crippen LogP contribution is -2.30. The van der Waals surface area contributed by atoms with Crippen molar-refractivity contribution in [1.29, 1.82) is 0 Å². The Hall–Kier alpha value is -8.19. The number of nitrogens with zero attached hydrogens (tertiary/aromatic N) is 8. The van der Waals surface area contributed by atoms with E-state index < -0.39 is 26.8 Å². The van der Waals surface area contributed by atoms with E-state index in [-0.39, 0.29) is 51.2 Å². The summed E-state index contributed by atoms with van der Waals surface area (Å²) in [6.07, 6.45) is 3.45. The molecule has 8 aromatic carbocycles. The van der Waals surface area contributed by atoms with Crippen LogP contribution in [0.1, 0.15) is 239 Å². The molecule has 0 atom stereocenters. The molecule has 0 spiro atoms. The minimum absolute atomic E-state index is 0.000695. The van der Waals surface area contributed by atoms with Crippen molar-refractivity contribution in [3.8, 4) is 56.2 Å². The van der Waals surface area contributed by atoms with Crippen molar-refractivity contribution in [1.82, 2.24) is 39.1 Å². The summed E-state index contributed by atoms with van der Waals surface area (Å²) in [5, 5.41) is 36.4. The lowest BCUT2D eigenvalue weighted by Gasteiger charge is -2.11. The van der Waals surface area contributed by atoms with Gasteiger partial charge in [0.2, 0.25) is 5.24 Å². The number of sulfone groups is 2. The van der Waals surface area contributed by atoms with Crippen LogP contribution in [0.5, 0.6) is 0 Å². The average molecular weight is 2220 g/mol. The summed E-state index contributed by atoms with van der Waals surface area (Å²) >= 11 is 22.0. The predicted octanol–water partition coefficient (Wildman–Crippen LogP) is 27.7. The van der Waals surface area contributed by atoms with Crippen LogP contribution in [0.2, 0.25) is 0 Å². The summed E-state index contributed by atoms with van der Waals surface area (Å²) in [7, 11) is -8.14. The Morgan fingerprint density at radius 1 is 0.378 bits per heavy atom. The van der Waals surface area contributed by atoms with Crippen LogP contribution in [0.4, 0.5) is 0 Å². The van der Waals surface area contributed by atoms with E-state index in [2.05, 4.69) is 332 Å². The first kappa shape index (κ1) is 119. The van der Waals surface area contributed by atoms with Gasteiger partial charge in [0.1, 0.15) is 5.78 Å². The highest BCUT2D eigenvalue weighted by atomic mass is 79.9. The lowest BCUT2D eigenvalue weighted by atomic mass is 9.80. The van der Waals surface area contributed by atoms with Crippen molar-refractivity contribution in [2.24, 2.45) is 47.2 Å². The van der Waals surface area contributed by atoms with Gasteiger partial charge in [0.05, 0.1) is 56.1 Å². The first-order valence-corrected chi connectivity index (χ1v) is 53.8. The molecule has 0 bridgehead atoms. The third kappa shape index (κ3) is 43.4. The maximum atomic E-state index is 11.8. The fraction of sp³-hybridized carbons (Fsp3) is 0.402. The first-order chi connectivity index (χ1) is 63.1. The molecule has 0 saturated carbocycles. The number of hydrogen-bond donors (Lipinski definition) is 3. The van der Waals surface area contributed by atoms with E-state index in [1.165, 1.54) is 75.7 Å². The molecule has 0 unspecified atom stereocenters. The molecule has 4 heterocycles. The van der Waals surface area contributed by atoms with Gasteiger partial charge in [-0.05, 0) is 227 Å². The summed E-state index contributed by atoms with van der Waals surface area (Å²) in [6, 6.07) is 69.3. The third-order valence-corrected chi connectivity index (χ3v) is 25.4. The van der Waals surface area contributed by atoms with E-state index in [4.69, 9.17) is 47.8 Å². The van der Waals surface area contributed by atoms with Crippen molar-refractivity contribution in [2.45, 2.75) is 232 Å². The Kier molecular flexibility index (Phi) is 51.7. The molecule has 0 radical (unpaired) electrons. The highest BCUT2D eigenvalue weighted by Crippen LogP contribution is 2.33. The zero-order valence-electron chi connectivity index (χ0n) is 83.1. The van der Waals surface area contributed by atoms with Crippen molar-refractivity contribution >= 4 is 146 Å². The summed E-state index contributed by atoms with van der Waals surface area (Å²) in [4.78, 5) is 44.1. The lowest BCUT2D eigenvalue weighted by molar-refractivity contribution is -0.121. The maximum absolute atomic E-state index is 11.8. The number of rotatable bonds is 28. The molecule has 0 aliphatic rings. The topological polar surface area (TPSA) is 274 Å². The Labute approximate surface area is 852 Å². The molecular weight excluding hydrogens is 2080 g/mol. The summed E-state index contributed by atoms with van der Waals surface area (Å²) in [5.41, 5.74) is 22.7. The zero-order valence-corrected chi connectivity index (χ0v) is 93.4. The molecule has 12 aromatic rings. The number of hydrogen-bond acceptors (Lipinski definition) is 15. The van der Waals surface area contributed by atoms with Crippen LogP contribution in [0, 0.1) is 41.4 Å². The molecule has 12 rings (SSSR count). The normalized spacial score (nSPS) is 11.2. The molecule has 4 N–H and O–H groups in total. The van der Waals surface area contributed by atoms with Crippen molar-refractivity contribution in [2.75, 3.05) is 19.1 Å². The molecule has 0 amide bonds. The third-order valence-electron chi connectivity index (χ3n) is 20.1. The Bertz CT molecular complexity index is 5770. The molecule has 4 aromatic heterocycles.